The zero-order chi connectivity index (χ0) is 14.4. The molecule has 1 N–H and O–H groups in total. The minimum Gasteiger partial charge on any atom is -0.456 e. The predicted octanol–water partition coefficient (Wildman–Crippen LogP) is 5.19. The van der Waals surface area contributed by atoms with Gasteiger partial charge in [-0.25, -0.2) is 0 Å². The molecule has 0 amide bonds. The first-order valence-electron chi connectivity index (χ1n) is 7.00. The molecule has 2 aromatic carbocycles. The lowest BCUT2D eigenvalue weighted by Crippen LogP contribution is -2.19. The van der Waals surface area contributed by atoms with Gasteiger partial charge in [0.2, 0.25) is 0 Å². The number of ether oxygens (including phenoxy) is 1. The smallest absolute Gasteiger partial charge is 0.146 e. The van der Waals surface area contributed by atoms with Crippen LogP contribution >= 0.6 is 11.6 Å². The molecule has 0 aromatic heterocycles. The van der Waals surface area contributed by atoms with Crippen LogP contribution in [0, 0.1) is 0 Å². The van der Waals surface area contributed by atoms with E-state index in [1.54, 1.807) is 0 Å². The van der Waals surface area contributed by atoms with Gasteiger partial charge in [-0.05, 0) is 42.8 Å². The fraction of sp³-hybridized carbons (Fsp3) is 0.294. The third-order valence-corrected chi connectivity index (χ3v) is 3.52. The summed E-state index contributed by atoms with van der Waals surface area (Å²) in [4.78, 5) is 0. The summed E-state index contributed by atoms with van der Waals surface area (Å²) in [5.41, 5.74) is 1.28. The first kappa shape index (κ1) is 14.9. The number of rotatable bonds is 6. The lowest BCUT2D eigenvalue weighted by atomic mass is 10.0. The molecule has 3 heteroatoms. The van der Waals surface area contributed by atoms with Crippen LogP contribution in [0.3, 0.4) is 0 Å². The Labute approximate surface area is 125 Å². The summed E-state index contributed by atoms with van der Waals surface area (Å²) < 4.78 is 5.79. The molecule has 0 radical (unpaired) electrons. The second-order valence-electron chi connectivity index (χ2n) is 4.62. The molecule has 0 spiro atoms. The highest BCUT2D eigenvalue weighted by Crippen LogP contribution is 2.29. The Balaban J connectivity index is 2.10. The van der Waals surface area contributed by atoms with Crippen molar-refractivity contribution in [3.05, 3.63) is 59.1 Å². The molecule has 0 aliphatic rings. The maximum Gasteiger partial charge on any atom is 0.146 e. The van der Waals surface area contributed by atoms with Crippen LogP contribution in [-0.2, 0) is 0 Å². The maximum absolute atomic E-state index is 6.08. The molecule has 0 saturated heterocycles. The molecule has 0 bridgehead atoms. The molecule has 20 heavy (non-hydrogen) atoms. The average Bonchev–Trinajstić information content (AvgIpc) is 2.48. The van der Waals surface area contributed by atoms with Crippen molar-refractivity contribution in [3.63, 3.8) is 0 Å². The highest BCUT2D eigenvalue weighted by Gasteiger charge is 2.08. The third kappa shape index (κ3) is 3.75. The maximum atomic E-state index is 6.08. The molecule has 106 valence electrons. The molecule has 2 nitrogen and oxygen atoms in total. The fourth-order valence-electron chi connectivity index (χ4n) is 2.17. The van der Waals surface area contributed by atoms with Crippen molar-refractivity contribution in [1.29, 1.82) is 0 Å². The molecular formula is C17H20ClNO. The van der Waals surface area contributed by atoms with E-state index in [0.29, 0.717) is 16.8 Å². The van der Waals surface area contributed by atoms with Crippen molar-refractivity contribution in [3.8, 4) is 11.5 Å². The number of para-hydroxylation sites is 1. The van der Waals surface area contributed by atoms with Gasteiger partial charge in [-0.2, -0.15) is 0 Å². The van der Waals surface area contributed by atoms with E-state index in [0.717, 1.165) is 18.7 Å². The molecule has 2 aromatic rings. The monoisotopic (exact) mass is 289 g/mol. The minimum absolute atomic E-state index is 0.398. The molecule has 0 aliphatic carbocycles. The van der Waals surface area contributed by atoms with Crippen LogP contribution in [0.25, 0.3) is 0 Å². The Morgan fingerprint density at radius 2 is 1.75 bits per heavy atom. The number of benzene rings is 2. The summed E-state index contributed by atoms with van der Waals surface area (Å²) in [5, 5.41) is 4.09. The van der Waals surface area contributed by atoms with Crippen LogP contribution in [0.5, 0.6) is 11.5 Å². The van der Waals surface area contributed by atoms with Gasteiger partial charge < -0.3 is 10.1 Å². The van der Waals surface area contributed by atoms with E-state index < -0.39 is 0 Å². The van der Waals surface area contributed by atoms with Crippen LogP contribution in [0.15, 0.2) is 48.5 Å². The number of halogens is 1. The number of nitrogens with one attached hydrogen (secondary N) is 1. The van der Waals surface area contributed by atoms with E-state index in [9.17, 15) is 0 Å². The Morgan fingerprint density at radius 1 is 1.05 bits per heavy atom. The zero-order valence-electron chi connectivity index (χ0n) is 11.9. The molecular weight excluding hydrogens is 270 g/mol. The van der Waals surface area contributed by atoms with E-state index in [1.165, 1.54) is 5.56 Å². The molecule has 0 aliphatic heterocycles. The van der Waals surface area contributed by atoms with Gasteiger partial charge in [0.05, 0.1) is 5.02 Å². The van der Waals surface area contributed by atoms with Crippen molar-refractivity contribution in [2.24, 2.45) is 0 Å². The fourth-order valence-corrected chi connectivity index (χ4v) is 2.34. The predicted molar refractivity (Wildman–Crippen MR) is 84.7 cm³/mol. The molecule has 2 rings (SSSR count). The van der Waals surface area contributed by atoms with Crippen molar-refractivity contribution in [1.82, 2.24) is 5.32 Å². The van der Waals surface area contributed by atoms with Gasteiger partial charge in [0.1, 0.15) is 11.5 Å². The Hall–Kier alpha value is -1.51. The standard InChI is InChI=1S/C17H20ClNO/c1-3-16(19-4-2)13-9-11-14(12-10-13)20-17-8-6-5-7-15(17)18/h5-12,16,19H,3-4H2,1-2H3. The van der Waals surface area contributed by atoms with Gasteiger partial charge in [-0.3, -0.25) is 0 Å². The molecule has 0 saturated carbocycles. The van der Waals surface area contributed by atoms with Crippen LogP contribution in [0.2, 0.25) is 5.02 Å². The average molecular weight is 290 g/mol. The van der Waals surface area contributed by atoms with Gasteiger partial charge in [-0.1, -0.05) is 49.7 Å². The topological polar surface area (TPSA) is 21.3 Å². The highest BCUT2D eigenvalue weighted by atomic mass is 35.5. The molecule has 1 atom stereocenters. The van der Waals surface area contributed by atoms with Gasteiger partial charge in [-0.15, -0.1) is 0 Å². The number of hydrogen-bond acceptors (Lipinski definition) is 2. The Morgan fingerprint density at radius 3 is 2.35 bits per heavy atom. The van der Waals surface area contributed by atoms with Crippen LogP contribution in [0.4, 0.5) is 0 Å². The second kappa shape index (κ2) is 7.32. The molecule has 0 fully saturated rings. The highest BCUT2D eigenvalue weighted by molar-refractivity contribution is 6.32. The van der Waals surface area contributed by atoms with Crippen molar-refractivity contribution in [2.75, 3.05) is 6.54 Å². The Kier molecular flexibility index (Phi) is 5.45. The number of hydrogen-bond donors (Lipinski definition) is 1. The first-order valence-corrected chi connectivity index (χ1v) is 7.38. The lowest BCUT2D eigenvalue weighted by Gasteiger charge is -2.16. The van der Waals surface area contributed by atoms with Gasteiger partial charge >= 0.3 is 0 Å². The normalized spacial score (nSPS) is 12.2. The van der Waals surface area contributed by atoms with Gasteiger partial charge in [0, 0.05) is 6.04 Å². The van der Waals surface area contributed by atoms with E-state index in [-0.39, 0.29) is 0 Å². The largest absolute Gasteiger partial charge is 0.456 e. The summed E-state index contributed by atoms with van der Waals surface area (Å²) in [6.07, 6.45) is 1.07. The van der Waals surface area contributed by atoms with E-state index >= 15 is 0 Å². The summed E-state index contributed by atoms with van der Waals surface area (Å²) in [7, 11) is 0. The van der Waals surface area contributed by atoms with Crippen LogP contribution in [0.1, 0.15) is 31.9 Å². The summed E-state index contributed by atoms with van der Waals surface area (Å²) in [5.74, 6) is 1.48. The quantitative estimate of drug-likeness (QED) is 0.790. The third-order valence-electron chi connectivity index (χ3n) is 3.21. The first-order chi connectivity index (χ1) is 9.74. The summed E-state index contributed by atoms with van der Waals surface area (Å²) in [6.45, 7) is 5.27. The summed E-state index contributed by atoms with van der Waals surface area (Å²) in [6, 6.07) is 16.1. The summed E-state index contributed by atoms with van der Waals surface area (Å²) >= 11 is 6.08. The van der Waals surface area contributed by atoms with Crippen molar-refractivity contribution >= 4 is 11.6 Å². The Bertz CT molecular complexity index is 539. The van der Waals surface area contributed by atoms with Crippen molar-refractivity contribution in [2.45, 2.75) is 26.3 Å². The van der Waals surface area contributed by atoms with Crippen molar-refractivity contribution < 1.29 is 4.74 Å². The minimum atomic E-state index is 0.398. The lowest BCUT2D eigenvalue weighted by molar-refractivity contribution is 0.481. The second-order valence-corrected chi connectivity index (χ2v) is 5.03. The molecule has 1 unspecified atom stereocenters. The van der Waals surface area contributed by atoms with Gasteiger partial charge in [0.15, 0.2) is 0 Å². The van der Waals surface area contributed by atoms with Gasteiger partial charge in [0.25, 0.3) is 0 Å². The van der Waals surface area contributed by atoms with Crippen LogP contribution < -0.4 is 10.1 Å². The SMILES string of the molecule is CCNC(CC)c1ccc(Oc2ccccc2Cl)cc1. The van der Waals surface area contributed by atoms with E-state index in [2.05, 4.69) is 31.3 Å². The molecule has 0 heterocycles. The van der Waals surface area contributed by atoms with Crippen LogP contribution in [-0.4, -0.2) is 6.54 Å². The zero-order valence-corrected chi connectivity index (χ0v) is 12.7. The van der Waals surface area contributed by atoms with E-state index in [1.807, 2.05) is 36.4 Å². The van der Waals surface area contributed by atoms with E-state index in [4.69, 9.17) is 16.3 Å².